The van der Waals surface area contributed by atoms with Gasteiger partial charge in [0.25, 0.3) is 0 Å². The predicted molar refractivity (Wildman–Crippen MR) is 67.8 cm³/mol. The number of anilines is 1. The lowest BCUT2D eigenvalue weighted by atomic mass is 9.94. The summed E-state index contributed by atoms with van der Waals surface area (Å²) in [4.78, 5) is 4.12. The number of nitrogens with zero attached hydrogens (tertiary/aromatic N) is 1. The largest absolute Gasteiger partial charge is 0.398 e. The second-order valence-electron chi connectivity index (χ2n) is 4.09. The lowest BCUT2D eigenvalue weighted by Crippen LogP contribution is -2.18. The van der Waals surface area contributed by atoms with Crippen LogP contribution in [-0.2, 0) is 5.60 Å². The molecule has 1 aromatic carbocycles. The molecule has 0 aliphatic heterocycles. The van der Waals surface area contributed by atoms with Crippen molar-refractivity contribution in [2.24, 2.45) is 4.99 Å². The molecular weight excluding hydrogens is 202 g/mol. The third kappa shape index (κ3) is 2.46. The Hall–Kier alpha value is -1.68. The van der Waals surface area contributed by atoms with Crippen LogP contribution in [0.1, 0.15) is 31.9 Å². The smallest absolute Gasteiger partial charge is 0.0860 e. The summed E-state index contributed by atoms with van der Waals surface area (Å²) in [6.45, 7) is 5.12. The average Bonchev–Trinajstić information content (AvgIpc) is 2.16. The SMILES string of the molecule is CC=Nc1cc(N)c(C(C)(C)O)cc1C=N. The van der Waals surface area contributed by atoms with Crippen molar-refractivity contribution in [3.8, 4) is 0 Å². The summed E-state index contributed by atoms with van der Waals surface area (Å²) >= 11 is 0. The van der Waals surface area contributed by atoms with Crippen molar-refractivity contribution in [1.29, 1.82) is 5.41 Å². The highest BCUT2D eigenvalue weighted by Crippen LogP contribution is 2.31. The molecule has 0 aliphatic carbocycles. The number of nitrogens with one attached hydrogen (secondary N) is 1. The van der Waals surface area contributed by atoms with Crippen LogP contribution in [0.3, 0.4) is 0 Å². The molecule has 1 aromatic rings. The summed E-state index contributed by atoms with van der Waals surface area (Å²) in [6, 6.07) is 3.37. The molecule has 0 radical (unpaired) electrons. The fourth-order valence-electron chi connectivity index (χ4n) is 1.52. The number of nitrogen functional groups attached to an aromatic ring is 1. The van der Waals surface area contributed by atoms with E-state index in [9.17, 15) is 5.11 Å². The number of aliphatic imine (C=N–C) groups is 1. The van der Waals surface area contributed by atoms with E-state index in [1.165, 1.54) is 6.21 Å². The summed E-state index contributed by atoms with van der Waals surface area (Å²) < 4.78 is 0. The van der Waals surface area contributed by atoms with Crippen LogP contribution in [0.15, 0.2) is 17.1 Å². The number of hydrogen-bond donors (Lipinski definition) is 3. The molecular formula is C12H17N3O. The second-order valence-corrected chi connectivity index (χ2v) is 4.09. The van der Waals surface area contributed by atoms with Gasteiger partial charge in [0, 0.05) is 29.2 Å². The molecule has 0 fully saturated rings. The van der Waals surface area contributed by atoms with Gasteiger partial charge in [0.1, 0.15) is 0 Å². The molecule has 86 valence electrons. The van der Waals surface area contributed by atoms with Gasteiger partial charge in [-0.2, -0.15) is 0 Å². The average molecular weight is 219 g/mol. The van der Waals surface area contributed by atoms with Crippen molar-refractivity contribution in [3.05, 3.63) is 23.3 Å². The maximum Gasteiger partial charge on any atom is 0.0860 e. The number of benzene rings is 1. The zero-order valence-electron chi connectivity index (χ0n) is 9.78. The lowest BCUT2D eigenvalue weighted by molar-refractivity contribution is 0.0794. The van der Waals surface area contributed by atoms with Gasteiger partial charge in [-0.15, -0.1) is 0 Å². The van der Waals surface area contributed by atoms with Gasteiger partial charge in [-0.05, 0) is 32.9 Å². The second kappa shape index (κ2) is 4.45. The monoisotopic (exact) mass is 219 g/mol. The van der Waals surface area contributed by atoms with E-state index >= 15 is 0 Å². The van der Waals surface area contributed by atoms with Crippen LogP contribution >= 0.6 is 0 Å². The first-order valence-corrected chi connectivity index (χ1v) is 5.05. The molecule has 0 saturated carbocycles. The number of nitrogens with two attached hydrogens (primary N) is 1. The predicted octanol–water partition coefficient (Wildman–Crippen LogP) is 2.22. The summed E-state index contributed by atoms with van der Waals surface area (Å²) in [7, 11) is 0. The molecule has 4 heteroatoms. The van der Waals surface area contributed by atoms with Gasteiger partial charge in [0.2, 0.25) is 0 Å². The van der Waals surface area contributed by atoms with Gasteiger partial charge in [-0.25, -0.2) is 0 Å². The molecule has 0 bridgehead atoms. The number of aliphatic hydroxyl groups is 1. The number of rotatable bonds is 3. The maximum absolute atomic E-state index is 9.92. The minimum atomic E-state index is -1.02. The van der Waals surface area contributed by atoms with Crippen LogP contribution in [0, 0.1) is 5.41 Å². The first kappa shape index (κ1) is 12.4. The Labute approximate surface area is 95.3 Å². The zero-order chi connectivity index (χ0) is 12.3. The Morgan fingerprint density at radius 3 is 2.50 bits per heavy atom. The van der Waals surface area contributed by atoms with E-state index in [1.807, 2.05) is 0 Å². The first-order chi connectivity index (χ1) is 7.40. The molecule has 0 spiro atoms. The van der Waals surface area contributed by atoms with Crippen molar-refractivity contribution in [1.82, 2.24) is 0 Å². The summed E-state index contributed by atoms with van der Waals surface area (Å²) in [5.41, 5.74) is 7.22. The third-order valence-corrected chi connectivity index (χ3v) is 2.28. The molecule has 0 atom stereocenters. The molecule has 0 unspecified atom stereocenters. The van der Waals surface area contributed by atoms with Crippen LogP contribution in [0.25, 0.3) is 0 Å². The fraction of sp³-hybridized carbons (Fsp3) is 0.333. The van der Waals surface area contributed by atoms with Crippen LogP contribution < -0.4 is 5.73 Å². The molecule has 16 heavy (non-hydrogen) atoms. The lowest BCUT2D eigenvalue weighted by Gasteiger charge is -2.21. The molecule has 4 nitrogen and oxygen atoms in total. The topological polar surface area (TPSA) is 82.5 Å². The first-order valence-electron chi connectivity index (χ1n) is 5.05. The van der Waals surface area contributed by atoms with E-state index in [1.54, 1.807) is 39.1 Å². The summed E-state index contributed by atoms with van der Waals surface area (Å²) in [5.74, 6) is 0. The van der Waals surface area contributed by atoms with E-state index < -0.39 is 5.60 Å². The highest BCUT2D eigenvalue weighted by Gasteiger charge is 2.20. The van der Waals surface area contributed by atoms with Crippen molar-refractivity contribution in [2.75, 3.05) is 5.73 Å². The van der Waals surface area contributed by atoms with Crippen LogP contribution in [0.5, 0.6) is 0 Å². The third-order valence-electron chi connectivity index (χ3n) is 2.28. The van der Waals surface area contributed by atoms with Crippen molar-refractivity contribution >= 4 is 23.8 Å². The Morgan fingerprint density at radius 2 is 2.06 bits per heavy atom. The fourth-order valence-corrected chi connectivity index (χ4v) is 1.52. The van der Waals surface area contributed by atoms with Crippen molar-refractivity contribution in [2.45, 2.75) is 26.4 Å². The van der Waals surface area contributed by atoms with E-state index in [4.69, 9.17) is 11.1 Å². The molecule has 4 N–H and O–H groups in total. The van der Waals surface area contributed by atoms with Gasteiger partial charge in [0.15, 0.2) is 0 Å². The number of hydrogen-bond acceptors (Lipinski definition) is 4. The summed E-state index contributed by atoms with van der Waals surface area (Å²) in [6.07, 6.45) is 2.85. The zero-order valence-corrected chi connectivity index (χ0v) is 9.78. The molecule has 0 saturated heterocycles. The van der Waals surface area contributed by atoms with Gasteiger partial charge in [-0.3, -0.25) is 4.99 Å². The Bertz CT molecular complexity index is 431. The Morgan fingerprint density at radius 1 is 1.44 bits per heavy atom. The van der Waals surface area contributed by atoms with Crippen molar-refractivity contribution in [3.63, 3.8) is 0 Å². The Balaban J connectivity index is 3.43. The van der Waals surface area contributed by atoms with E-state index in [0.29, 0.717) is 22.5 Å². The van der Waals surface area contributed by atoms with Gasteiger partial charge in [-0.1, -0.05) is 0 Å². The Kier molecular flexibility index (Phi) is 3.44. The van der Waals surface area contributed by atoms with E-state index in [2.05, 4.69) is 4.99 Å². The molecule has 0 heterocycles. The van der Waals surface area contributed by atoms with Crippen molar-refractivity contribution < 1.29 is 5.11 Å². The van der Waals surface area contributed by atoms with Gasteiger partial charge in [0.05, 0.1) is 11.3 Å². The highest BCUT2D eigenvalue weighted by atomic mass is 16.3. The highest BCUT2D eigenvalue weighted by molar-refractivity contribution is 5.88. The van der Waals surface area contributed by atoms with Gasteiger partial charge >= 0.3 is 0 Å². The molecule has 0 amide bonds. The normalized spacial score (nSPS) is 12.0. The quantitative estimate of drug-likeness (QED) is 0.538. The molecule has 0 aliphatic rings. The minimum Gasteiger partial charge on any atom is -0.398 e. The maximum atomic E-state index is 9.92. The molecule has 0 aromatic heterocycles. The van der Waals surface area contributed by atoms with Crippen LogP contribution in [0.2, 0.25) is 0 Å². The summed E-state index contributed by atoms with van der Waals surface area (Å²) in [5, 5.41) is 17.2. The van der Waals surface area contributed by atoms with E-state index in [0.717, 1.165) is 0 Å². The van der Waals surface area contributed by atoms with E-state index in [-0.39, 0.29) is 0 Å². The van der Waals surface area contributed by atoms with Crippen LogP contribution in [-0.4, -0.2) is 17.5 Å². The van der Waals surface area contributed by atoms with Crippen LogP contribution in [0.4, 0.5) is 11.4 Å². The standard InChI is InChI=1S/C12H17N3O/c1-4-15-11-6-10(14)9(12(2,3)16)5-8(11)7-13/h4-7,13,16H,14H2,1-3H3. The minimum absolute atomic E-state index is 0.485. The van der Waals surface area contributed by atoms with Gasteiger partial charge < -0.3 is 16.2 Å². The molecule has 1 rings (SSSR count).